The molecular weight excluding hydrogens is 398 g/mol. The predicted octanol–water partition coefficient (Wildman–Crippen LogP) is 2.22. The first-order valence-electron chi connectivity index (χ1n) is 9.88. The quantitative estimate of drug-likeness (QED) is 0.508. The average Bonchev–Trinajstić information content (AvgIpc) is 3.21. The summed E-state index contributed by atoms with van der Waals surface area (Å²) in [6.45, 7) is 1.09. The maximum Gasteiger partial charge on any atom is 0.244 e. The summed E-state index contributed by atoms with van der Waals surface area (Å²) < 4.78 is 12.5. The van der Waals surface area contributed by atoms with Crippen molar-refractivity contribution in [1.82, 2.24) is 19.7 Å². The lowest BCUT2D eigenvalue weighted by Crippen LogP contribution is -2.33. The van der Waals surface area contributed by atoms with Gasteiger partial charge in [-0.05, 0) is 18.2 Å². The van der Waals surface area contributed by atoms with E-state index in [2.05, 4.69) is 15.4 Å². The van der Waals surface area contributed by atoms with Crippen LogP contribution in [0.4, 0.5) is 5.69 Å². The smallest absolute Gasteiger partial charge is 0.244 e. The van der Waals surface area contributed by atoms with Crippen LogP contribution in [0.3, 0.4) is 0 Å². The van der Waals surface area contributed by atoms with Crippen LogP contribution in [0.15, 0.2) is 67.1 Å². The number of nitrogens with one attached hydrogen (secondary N) is 1. The maximum atomic E-state index is 12.4. The Kier molecular flexibility index (Phi) is 7.98. The fourth-order valence-electron chi connectivity index (χ4n) is 2.62. The van der Waals surface area contributed by atoms with Crippen molar-refractivity contribution in [3.63, 3.8) is 0 Å². The van der Waals surface area contributed by atoms with Gasteiger partial charge >= 0.3 is 0 Å². The highest BCUT2D eigenvalue weighted by Gasteiger charge is 2.12. The minimum absolute atomic E-state index is 0.0626. The van der Waals surface area contributed by atoms with Gasteiger partial charge in [-0.3, -0.25) is 14.3 Å². The third-order valence-electron chi connectivity index (χ3n) is 4.30. The molecule has 0 aliphatic rings. The summed E-state index contributed by atoms with van der Waals surface area (Å²) in [5, 5.41) is 6.88. The Labute approximate surface area is 180 Å². The van der Waals surface area contributed by atoms with E-state index in [0.717, 1.165) is 5.75 Å². The van der Waals surface area contributed by atoms with E-state index in [-0.39, 0.29) is 31.4 Å². The molecule has 2 amide bonds. The van der Waals surface area contributed by atoms with Crippen LogP contribution in [-0.4, -0.2) is 58.3 Å². The van der Waals surface area contributed by atoms with Gasteiger partial charge in [0, 0.05) is 25.5 Å². The number of likely N-dealkylation sites (N-methyl/N-ethyl adjacent to an activating group) is 1. The van der Waals surface area contributed by atoms with Crippen molar-refractivity contribution in [2.24, 2.45) is 0 Å². The van der Waals surface area contributed by atoms with Crippen molar-refractivity contribution in [3.05, 3.63) is 67.1 Å². The number of carbonyl (C=O) groups excluding carboxylic acids is 2. The maximum absolute atomic E-state index is 12.4. The summed E-state index contributed by atoms with van der Waals surface area (Å²) in [5.41, 5.74) is 0.527. The van der Waals surface area contributed by atoms with Crippen molar-refractivity contribution in [2.75, 3.05) is 32.1 Å². The molecule has 9 nitrogen and oxygen atoms in total. The van der Waals surface area contributed by atoms with Gasteiger partial charge in [-0.1, -0.05) is 24.3 Å². The molecular formula is C22H25N5O4. The second kappa shape index (κ2) is 11.3. The number of aromatic nitrogens is 3. The van der Waals surface area contributed by atoms with E-state index in [9.17, 15) is 9.59 Å². The highest BCUT2D eigenvalue weighted by atomic mass is 16.5. The van der Waals surface area contributed by atoms with Crippen LogP contribution in [0, 0.1) is 0 Å². The average molecular weight is 423 g/mol. The molecule has 3 rings (SSSR count). The molecule has 0 saturated heterocycles. The number of benzene rings is 1. The summed E-state index contributed by atoms with van der Waals surface area (Å²) in [6, 6.07) is 14.7. The number of para-hydroxylation sites is 1. The van der Waals surface area contributed by atoms with Gasteiger partial charge in [0.05, 0.1) is 31.5 Å². The van der Waals surface area contributed by atoms with E-state index < -0.39 is 0 Å². The van der Waals surface area contributed by atoms with E-state index in [1.165, 1.54) is 10.9 Å². The van der Waals surface area contributed by atoms with Crippen molar-refractivity contribution in [1.29, 1.82) is 0 Å². The van der Waals surface area contributed by atoms with Crippen LogP contribution >= 0.6 is 0 Å². The molecule has 0 spiro atoms. The third-order valence-corrected chi connectivity index (χ3v) is 4.30. The van der Waals surface area contributed by atoms with Crippen LogP contribution in [0.5, 0.6) is 11.6 Å². The second-order valence-electron chi connectivity index (χ2n) is 6.72. The van der Waals surface area contributed by atoms with Gasteiger partial charge in [0.2, 0.25) is 17.7 Å². The van der Waals surface area contributed by atoms with Crippen molar-refractivity contribution >= 4 is 17.5 Å². The summed E-state index contributed by atoms with van der Waals surface area (Å²) in [7, 11) is 1.70. The van der Waals surface area contributed by atoms with Gasteiger partial charge in [0.25, 0.3) is 0 Å². The number of hydrogen-bond donors (Lipinski definition) is 1. The Morgan fingerprint density at radius 2 is 1.87 bits per heavy atom. The summed E-state index contributed by atoms with van der Waals surface area (Å²) in [4.78, 5) is 30.0. The molecule has 9 heteroatoms. The molecule has 2 aromatic heterocycles. The molecule has 0 bridgehead atoms. The third kappa shape index (κ3) is 7.46. The minimum Gasteiger partial charge on any atom is -0.493 e. The predicted molar refractivity (Wildman–Crippen MR) is 115 cm³/mol. The van der Waals surface area contributed by atoms with Crippen LogP contribution in [0.1, 0.15) is 6.42 Å². The molecule has 0 aliphatic carbocycles. The summed E-state index contributed by atoms with van der Waals surface area (Å²) >= 11 is 0. The molecule has 0 saturated carbocycles. The molecule has 0 radical (unpaired) electrons. The topological polar surface area (TPSA) is 98.6 Å². The van der Waals surface area contributed by atoms with Gasteiger partial charge in [0.15, 0.2) is 0 Å². The van der Waals surface area contributed by atoms with Gasteiger partial charge in [-0.15, -0.1) is 0 Å². The van der Waals surface area contributed by atoms with Crippen LogP contribution < -0.4 is 14.8 Å². The highest BCUT2D eigenvalue weighted by Crippen LogP contribution is 2.10. The van der Waals surface area contributed by atoms with E-state index in [1.807, 2.05) is 42.5 Å². The zero-order valence-electron chi connectivity index (χ0n) is 17.3. The Balaban J connectivity index is 1.36. The molecule has 162 valence electrons. The van der Waals surface area contributed by atoms with E-state index >= 15 is 0 Å². The number of nitrogens with zero attached hydrogens (tertiary/aromatic N) is 4. The SMILES string of the molecule is CN(CCOc1ccccn1)C(=O)Cn1cc(NC(=O)CCOc2ccccc2)cn1. The molecule has 1 aromatic carbocycles. The lowest BCUT2D eigenvalue weighted by molar-refractivity contribution is -0.131. The largest absolute Gasteiger partial charge is 0.493 e. The Hall–Kier alpha value is -3.88. The number of amides is 2. The van der Waals surface area contributed by atoms with Crippen molar-refractivity contribution in [2.45, 2.75) is 13.0 Å². The Morgan fingerprint density at radius 3 is 2.65 bits per heavy atom. The van der Waals surface area contributed by atoms with Crippen LogP contribution in [0.2, 0.25) is 0 Å². The molecule has 2 heterocycles. The van der Waals surface area contributed by atoms with Gasteiger partial charge in [0.1, 0.15) is 18.9 Å². The van der Waals surface area contributed by atoms with Crippen molar-refractivity contribution < 1.29 is 19.1 Å². The first-order chi connectivity index (χ1) is 15.1. The highest BCUT2D eigenvalue weighted by molar-refractivity contribution is 5.90. The van der Waals surface area contributed by atoms with Gasteiger partial charge < -0.3 is 19.7 Å². The minimum atomic E-state index is -0.189. The number of carbonyl (C=O) groups is 2. The lowest BCUT2D eigenvalue weighted by Gasteiger charge is -2.17. The first kappa shape index (κ1) is 21.8. The molecule has 0 aliphatic heterocycles. The van der Waals surface area contributed by atoms with Gasteiger partial charge in [-0.25, -0.2) is 4.98 Å². The number of ether oxygens (including phenoxy) is 2. The zero-order valence-corrected chi connectivity index (χ0v) is 17.3. The fraction of sp³-hybridized carbons (Fsp3) is 0.273. The number of anilines is 1. The Bertz CT molecular complexity index is 962. The monoisotopic (exact) mass is 423 g/mol. The number of pyridine rings is 1. The van der Waals surface area contributed by atoms with Crippen LogP contribution in [-0.2, 0) is 16.1 Å². The number of rotatable bonds is 11. The molecule has 31 heavy (non-hydrogen) atoms. The standard InChI is InChI=1S/C22H25N5O4/c1-26(12-14-31-21-9-5-6-11-23-21)22(29)17-27-16-18(15-24-27)25-20(28)10-13-30-19-7-3-2-4-8-19/h2-9,11,15-16H,10,12-14,17H2,1H3,(H,25,28). The molecule has 0 atom stereocenters. The van der Waals surface area contributed by atoms with E-state index in [4.69, 9.17) is 9.47 Å². The summed E-state index contributed by atoms with van der Waals surface area (Å²) in [6.07, 6.45) is 4.98. The Morgan fingerprint density at radius 1 is 1.06 bits per heavy atom. The van der Waals surface area contributed by atoms with E-state index in [1.54, 1.807) is 30.4 Å². The van der Waals surface area contributed by atoms with Gasteiger partial charge in [-0.2, -0.15) is 5.10 Å². The molecule has 3 aromatic rings. The fourth-order valence-corrected chi connectivity index (χ4v) is 2.62. The molecule has 0 unspecified atom stereocenters. The molecule has 1 N–H and O–H groups in total. The van der Waals surface area contributed by atoms with E-state index in [0.29, 0.717) is 24.7 Å². The van der Waals surface area contributed by atoms with Crippen molar-refractivity contribution in [3.8, 4) is 11.6 Å². The zero-order chi connectivity index (χ0) is 21.9. The lowest BCUT2D eigenvalue weighted by atomic mass is 10.3. The molecule has 0 fully saturated rings. The first-order valence-corrected chi connectivity index (χ1v) is 9.88. The summed E-state index contributed by atoms with van der Waals surface area (Å²) in [5.74, 6) is 0.925. The van der Waals surface area contributed by atoms with Crippen LogP contribution in [0.25, 0.3) is 0 Å². The normalized spacial score (nSPS) is 10.4. The number of hydrogen-bond acceptors (Lipinski definition) is 6. The second-order valence-corrected chi connectivity index (χ2v) is 6.72.